The maximum Gasteiger partial charge on any atom is -0.147 e. The van der Waals surface area contributed by atoms with Crippen molar-refractivity contribution in [3.05, 3.63) is 28.6 Å². The van der Waals surface area contributed by atoms with E-state index in [2.05, 4.69) is 0 Å². The number of methoxy groups -OCH3 is 1. The van der Waals surface area contributed by atoms with Crippen molar-refractivity contribution in [1.29, 1.82) is 0 Å². The van der Waals surface area contributed by atoms with Gasteiger partial charge < -0.3 is 0 Å². The van der Waals surface area contributed by atoms with Crippen molar-refractivity contribution in [2.24, 2.45) is 5.73 Å². The van der Waals surface area contributed by atoms with Crippen LogP contribution in [-0.2, 0) is 6.54 Å². The van der Waals surface area contributed by atoms with E-state index in [1.165, 1.54) is 0 Å². The molecule has 0 atom stereocenters. The first kappa shape index (κ1) is 13.3. The van der Waals surface area contributed by atoms with Gasteiger partial charge in [0.2, 0.25) is 0 Å². The van der Waals surface area contributed by atoms with E-state index in [9.17, 15) is 4.79 Å². The van der Waals surface area contributed by atoms with Crippen molar-refractivity contribution in [2.45, 2.75) is 6.54 Å². The summed E-state index contributed by atoms with van der Waals surface area (Å²) in [6, 6.07) is 5.65. The summed E-state index contributed by atoms with van der Waals surface area (Å²) < 4.78 is 8.02. The average Bonchev–Trinajstić information content (AvgIpc) is 2.56. The topological polar surface area (TPSA) is 57.2 Å². The Balaban J connectivity index is 0.00000128. The van der Waals surface area contributed by atoms with Crippen molar-refractivity contribution in [3.63, 3.8) is 0 Å². The number of nitrogens with zero attached hydrogens (tertiary/aromatic N) is 1. The Labute approximate surface area is 105 Å². The zero-order valence-electron chi connectivity index (χ0n) is 8.80. The average molecular weight is 308 g/mol. The zero-order chi connectivity index (χ0) is 10.8. The van der Waals surface area contributed by atoms with Crippen LogP contribution in [-0.4, -0.2) is 31.9 Å². The van der Waals surface area contributed by atoms with Gasteiger partial charge in [-0.3, -0.25) is 0 Å². The Kier molecular flexibility index (Phi) is 4.62. The van der Waals surface area contributed by atoms with Gasteiger partial charge in [0.05, 0.1) is 0 Å². The predicted molar refractivity (Wildman–Crippen MR) is 68.0 cm³/mol. The van der Waals surface area contributed by atoms with Gasteiger partial charge in [-0.05, 0) is 0 Å². The molecule has 4 nitrogen and oxygen atoms in total. The fraction of sp³-hybridized carbons (Fsp3) is 0.300. The van der Waals surface area contributed by atoms with Gasteiger partial charge in [-0.1, -0.05) is 0 Å². The summed E-state index contributed by atoms with van der Waals surface area (Å²) in [5, 5.41) is 0.766. The summed E-state index contributed by atoms with van der Waals surface area (Å²) in [5.74, 6) is 0.729. The molecular formula is C10H13ClN2O2Se. The van der Waals surface area contributed by atoms with E-state index in [1.807, 2.05) is 15.7 Å². The van der Waals surface area contributed by atoms with Crippen LogP contribution in [0.2, 0.25) is 0 Å². The molecule has 16 heavy (non-hydrogen) atoms. The van der Waals surface area contributed by atoms with Crippen molar-refractivity contribution >= 4 is 36.8 Å². The Morgan fingerprint density at radius 1 is 1.50 bits per heavy atom. The Morgan fingerprint density at radius 3 is 2.88 bits per heavy atom. The monoisotopic (exact) mass is 308 g/mol. The Bertz CT molecular complexity index is 535. The number of hydrogen-bond donors (Lipinski definition) is 1. The largest absolute Gasteiger partial charge is 0.147 e. The molecule has 1 heterocycles. The minimum Gasteiger partial charge on any atom is -0.147 e. The number of nitrogens with two attached hydrogens (primary N) is 1. The Hall–Kier alpha value is -0.741. The SMILES string of the molecule is COc1ccc2[se]n(CCN)c(=O)c2c1.Cl. The van der Waals surface area contributed by atoms with Gasteiger partial charge in [-0.2, -0.15) is 0 Å². The molecule has 0 bridgehead atoms. The summed E-state index contributed by atoms with van der Waals surface area (Å²) in [5.41, 5.74) is 5.53. The van der Waals surface area contributed by atoms with Gasteiger partial charge >= 0.3 is 92.9 Å². The third-order valence-corrected chi connectivity index (χ3v) is 4.54. The molecule has 0 saturated heterocycles. The molecule has 0 aliphatic carbocycles. The van der Waals surface area contributed by atoms with Gasteiger partial charge in [-0.15, -0.1) is 12.4 Å². The number of benzene rings is 1. The number of hydrogen-bond acceptors (Lipinski definition) is 3. The number of rotatable bonds is 3. The van der Waals surface area contributed by atoms with Crippen LogP contribution in [0.1, 0.15) is 0 Å². The molecule has 88 valence electrons. The smallest absolute Gasteiger partial charge is 0.147 e. The molecule has 0 radical (unpaired) electrons. The molecule has 0 aliphatic heterocycles. The second-order valence-corrected chi connectivity index (χ2v) is 5.38. The molecule has 1 aromatic heterocycles. The maximum atomic E-state index is 11.9. The molecule has 1 aromatic carbocycles. The summed E-state index contributed by atoms with van der Waals surface area (Å²) >= 11 is 0.0814. The first-order chi connectivity index (χ1) is 7.26. The van der Waals surface area contributed by atoms with Gasteiger partial charge in [0.25, 0.3) is 0 Å². The van der Waals surface area contributed by atoms with E-state index in [4.69, 9.17) is 10.5 Å². The first-order valence-electron chi connectivity index (χ1n) is 4.64. The molecule has 0 fully saturated rings. The maximum absolute atomic E-state index is 11.9. The van der Waals surface area contributed by atoms with Crippen LogP contribution >= 0.6 is 12.4 Å². The van der Waals surface area contributed by atoms with E-state index >= 15 is 0 Å². The van der Waals surface area contributed by atoms with Crippen LogP contribution in [0.4, 0.5) is 0 Å². The fourth-order valence-corrected chi connectivity index (χ4v) is 3.52. The van der Waals surface area contributed by atoms with Gasteiger partial charge in [0.15, 0.2) is 0 Å². The molecule has 2 rings (SSSR count). The number of ether oxygens (including phenoxy) is 1. The molecule has 0 unspecified atom stereocenters. The van der Waals surface area contributed by atoms with Crippen molar-refractivity contribution in [2.75, 3.05) is 13.7 Å². The van der Waals surface area contributed by atoms with Crippen LogP contribution in [0.3, 0.4) is 0 Å². The van der Waals surface area contributed by atoms with Gasteiger partial charge in [0.1, 0.15) is 0 Å². The summed E-state index contributed by atoms with van der Waals surface area (Å²) in [6.07, 6.45) is 0. The van der Waals surface area contributed by atoms with E-state index < -0.39 is 0 Å². The number of halogens is 1. The molecule has 0 aliphatic rings. The van der Waals surface area contributed by atoms with Crippen molar-refractivity contribution in [1.82, 2.24) is 3.56 Å². The molecule has 6 heteroatoms. The standard InChI is InChI=1S/C10H12N2O2Se.ClH/c1-14-7-2-3-9-8(6-7)10(13)12(15-9)5-4-11;/h2-3,6H,4-5,11H2,1H3;1H. The second-order valence-electron chi connectivity index (χ2n) is 3.15. The molecule has 0 amide bonds. The van der Waals surface area contributed by atoms with Crippen LogP contribution in [0.15, 0.2) is 23.0 Å². The number of aromatic nitrogens is 1. The quantitative estimate of drug-likeness (QED) is 0.838. The van der Waals surface area contributed by atoms with E-state index in [1.54, 1.807) is 13.2 Å². The molecular weight excluding hydrogens is 295 g/mol. The third kappa shape index (κ3) is 2.33. The van der Waals surface area contributed by atoms with E-state index in [0.29, 0.717) is 13.1 Å². The van der Waals surface area contributed by atoms with Gasteiger partial charge in [0, 0.05) is 0 Å². The van der Waals surface area contributed by atoms with Crippen molar-refractivity contribution < 1.29 is 4.74 Å². The molecule has 0 saturated carbocycles. The van der Waals surface area contributed by atoms with Crippen LogP contribution in [0.5, 0.6) is 5.75 Å². The number of fused-ring (bicyclic) bond motifs is 1. The minimum atomic E-state index is 0. The summed E-state index contributed by atoms with van der Waals surface area (Å²) in [7, 11) is 1.60. The second kappa shape index (κ2) is 5.55. The summed E-state index contributed by atoms with van der Waals surface area (Å²) in [6.45, 7) is 1.15. The summed E-state index contributed by atoms with van der Waals surface area (Å²) in [4.78, 5) is 11.9. The first-order valence-corrected chi connectivity index (χ1v) is 6.26. The minimum absolute atomic E-state index is 0. The van der Waals surface area contributed by atoms with Crippen LogP contribution in [0.25, 0.3) is 9.65 Å². The van der Waals surface area contributed by atoms with E-state index in [0.717, 1.165) is 15.4 Å². The van der Waals surface area contributed by atoms with Crippen LogP contribution in [0, 0.1) is 0 Å². The molecule has 2 N–H and O–H groups in total. The van der Waals surface area contributed by atoms with Crippen molar-refractivity contribution in [3.8, 4) is 5.75 Å². The molecule has 2 aromatic rings. The van der Waals surface area contributed by atoms with Gasteiger partial charge in [-0.25, -0.2) is 0 Å². The molecule has 0 spiro atoms. The van der Waals surface area contributed by atoms with E-state index in [-0.39, 0.29) is 32.7 Å². The zero-order valence-corrected chi connectivity index (χ0v) is 11.3. The normalized spacial score (nSPS) is 10.1. The Morgan fingerprint density at radius 2 is 2.25 bits per heavy atom. The third-order valence-electron chi connectivity index (χ3n) is 2.18. The fourth-order valence-electron chi connectivity index (χ4n) is 1.44. The van der Waals surface area contributed by atoms with Crippen LogP contribution < -0.4 is 16.0 Å². The predicted octanol–water partition coefficient (Wildman–Crippen LogP) is 0.448.